The second kappa shape index (κ2) is 10.1. The summed E-state index contributed by atoms with van der Waals surface area (Å²) in [6, 6.07) is 16.0. The Kier molecular flexibility index (Phi) is 7.47. The summed E-state index contributed by atoms with van der Waals surface area (Å²) in [5.41, 5.74) is 1.90. The molecule has 0 bridgehead atoms. The fraction of sp³-hybridized carbons (Fsp3) is 0.409. The number of likely N-dealkylation sites (tertiary alicyclic amines) is 1. The molecule has 0 aliphatic carbocycles. The molecule has 1 aliphatic rings. The van der Waals surface area contributed by atoms with E-state index in [1.165, 1.54) is 12.1 Å². The molecule has 2 aromatic carbocycles. The van der Waals surface area contributed by atoms with E-state index in [2.05, 4.69) is 4.72 Å². The average molecular weight is 433 g/mol. The largest absolute Gasteiger partial charge is 0.445 e. The van der Waals surface area contributed by atoms with E-state index in [4.69, 9.17) is 4.74 Å². The van der Waals surface area contributed by atoms with Gasteiger partial charge < -0.3 is 14.7 Å². The first-order valence-corrected chi connectivity index (χ1v) is 11.5. The number of rotatable bonds is 7. The van der Waals surface area contributed by atoms with E-state index in [0.29, 0.717) is 32.4 Å². The molecule has 3 rings (SSSR count). The maximum absolute atomic E-state index is 12.4. The first-order chi connectivity index (χ1) is 14.3. The standard InChI is InChI=1S/C22H28N2O5S/c1-17-7-9-20(10-8-17)30(27,28)23-21(25)15-18-11-13-24(14-12-18)22(26)29-16-19-5-3-2-4-6-19/h2-10,18,21,23,25H,11-16H2,1H3. The third kappa shape index (κ3) is 6.29. The van der Waals surface area contributed by atoms with Crippen molar-refractivity contribution in [3.8, 4) is 0 Å². The van der Waals surface area contributed by atoms with E-state index < -0.39 is 16.3 Å². The number of hydrogen-bond donors (Lipinski definition) is 2. The number of carbonyl (C=O) groups excluding carboxylic acids is 1. The SMILES string of the molecule is Cc1ccc(S(=O)(=O)NC(O)CC2CCN(C(=O)OCc3ccccc3)CC2)cc1. The molecule has 1 unspecified atom stereocenters. The number of carbonyl (C=O) groups is 1. The predicted octanol–water partition coefficient (Wildman–Crippen LogP) is 3.03. The van der Waals surface area contributed by atoms with Crippen molar-refractivity contribution in [1.29, 1.82) is 0 Å². The molecule has 8 heteroatoms. The van der Waals surface area contributed by atoms with Crippen molar-refractivity contribution in [2.24, 2.45) is 5.92 Å². The summed E-state index contributed by atoms with van der Waals surface area (Å²) >= 11 is 0. The van der Waals surface area contributed by atoms with Gasteiger partial charge in [-0.15, -0.1) is 0 Å². The van der Waals surface area contributed by atoms with E-state index in [0.717, 1.165) is 11.1 Å². The number of nitrogens with one attached hydrogen (secondary N) is 1. The number of aryl methyl sites for hydroxylation is 1. The quantitative estimate of drug-likeness (QED) is 0.656. The summed E-state index contributed by atoms with van der Waals surface area (Å²) in [6.07, 6.45) is 0.154. The van der Waals surface area contributed by atoms with E-state index >= 15 is 0 Å². The Morgan fingerprint density at radius 3 is 2.40 bits per heavy atom. The fourth-order valence-electron chi connectivity index (χ4n) is 3.49. The summed E-state index contributed by atoms with van der Waals surface area (Å²) in [4.78, 5) is 14.0. The molecule has 2 N–H and O–H groups in total. The van der Waals surface area contributed by atoms with Gasteiger partial charge in [0.05, 0.1) is 4.90 Å². The number of ether oxygens (including phenoxy) is 1. The Bertz CT molecular complexity index is 924. The van der Waals surface area contributed by atoms with Gasteiger partial charge in [0.25, 0.3) is 0 Å². The molecule has 0 radical (unpaired) electrons. The number of piperidine rings is 1. The molecular weight excluding hydrogens is 404 g/mol. The minimum atomic E-state index is -3.77. The Morgan fingerprint density at radius 2 is 1.77 bits per heavy atom. The maximum Gasteiger partial charge on any atom is 0.410 e. The molecule has 1 heterocycles. The smallest absolute Gasteiger partial charge is 0.410 e. The van der Waals surface area contributed by atoms with Crippen LogP contribution < -0.4 is 4.72 Å². The Hall–Kier alpha value is -2.42. The second-order valence-electron chi connectivity index (χ2n) is 7.66. The summed E-state index contributed by atoms with van der Waals surface area (Å²) in [5.74, 6) is 0.124. The molecule has 0 spiro atoms. The average Bonchev–Trinajstić information content (AvgIpc) is 2.73. The number of aliphatic hydroxyl groups excluding tert-OH is 1. The van der Waals surface area contributed by atoms with E-state index in [9.17, 15) is 18.3 Å². The van der Waals surface area contributed by atoms with Gasteiger partial charge >= 0.3 is 6.09 Å². The van der Waals surface area contributed by atoms with Crippen LogP contribution in [0.4, 0.5) is 4.79 Å². The molecule has 1 amide bonds. The van der Waals surface area contributed by atoms with Crippen LogP contribution in [-0.2, 0) is 21.4 Å². The number of sulfonamides is 1. The van der Waals surface area contributed by atoms with Crippen molar-refractivity contribution in [2.45, 2.75) is 43.9 Å². The van der Waals surface area contributed by atoms with Crippen LogP contribution in [0.1, 0.15) is 30.4 Å². The van der Waals surface area contributed by atoms with Gasteiger partial charge in [0.1, 0.15) is 12.8 Å². The predicted molar refractivity (Wildman–Crippen MR) is 113 cm³/mol. The highest BCUT2D eigenvalue weighted by Gasteiger charge is 2.27. The highest BCUT2D eigenvalue weighted by Crippen LogP contribution is 2.23. The van der Waals surface area contributed by atoms with Crippen LogP contribution in [0.15, 0.2) is 59.5 Å². The first kappa shape index (κ1) is 22.3. The molecule has 0 saturated carbocycles. The molecule has 2 aromatic rings. The van der Waals surface area contributed by atoms with Gasteiger partial charge in [0.2, 0.25) is 10.0 Å². The van der Waals surface area contributed by atoms with Gasteiger partial charge in [0.15, 0.2) is 0 Å². The summed E-state index contributed by atoms with van der Waals surface area (Å²) < 4.78 is 32.5. The number of hydrogen-bond acceptors (Lipinski definition) is 5. The van der Waals surface area contributed by atoms with Crippen molar-refractivity contribution < 1.29 is 23.1 Å². The summed E-state index contributed by atoms with van der Waals surface area (Å²) in [7, 11) is -3.77. The van der Waals surface area contributed by atoms with Crippen LogP contribution in [0.5, 0.6) is 0 Å². The van der Waals surface area contributed by atoms with Gasteiger partial charge in [-0.25, -0.2) is 13.2 Å². The van der Waals surface area contributed by atoms with Gasteiger partial charge in [-0.2, -0.15) is 4.72 Å². The topological polar surface area (TPSA) is 95.9 Å². The number of amides is 1. The third-order valence-corrected chi connectivity index (χ3v) is 6.73. The zero-order valence-corrected chi connectivity index (χ0v) is 17.8. The molecule has 7 nitrogen and oxygen atoms in total. The summed E-state index contributed by atoms with van der Waals surface area (Å²) in [6.45, 7) is 3.16. The van der Waals surface area contributed by atoms with E-state index in [1.54, 1.807) is 17.0 Å². The van der Waals surface area contributed by atoms with E-state index in [-0.39, 0.29) is 23.5 Å². The number of nitrogens with zero attached hydrogens (tertiary/aromatic N) is 1. The zero-order chi connectivity index (χ0) is 21.6. The Balaban J connectivity index is 1.42. The van der Waals surface area contributed by atoms with Gasteiger partial charge in [-0.3, -0.25) is 0 Å². The summed E-state index contributed by atoms with van der Waals surface area (Å²) in [5, 5.41) is 10.2. The molecule has 0 aromatic heterocycles. The monoisotopic (exact) mass is 432 g/mol. The Morgan fingerprint density at radius 1 is 1.13 bits per heavy atom. The minimum absolute atomic E-state index is 0.124. The molecule has 162 valence electrons. The molecule has 30 heavy (non-hydrogen) atoms. The van der Waals surface area contributed by atoms with Gasteiger partial charge in [-0.05, 0) is 49.8 Å². The molecular formula is C22H28N2O5S. The van der Waals surface area contributed by atoms with Crippen molar-refractivity contribution in [3.05, 3.63) is 65.7 Å². The first-order valence-electron chi connectivity index (χ1n) is 10.1. The molecule has 1 atom stereocenters. The zero-order valence-electron chi connectivity index (χ0n) is 17.0. The lowest BCUT2D eigenvalue weighted by molar-refractivity contribution is 0.0704. The van der Waals surface area contributed by atoms with Crippen LogP contribution in [0.25, 0.3) is 0 Å². The molecule has 1 aliphatic heterocycles. The normalized spacial score (nSPS) is 16.3. The lowest BCUT2D eigenvalue weighted by Crippen LogP contribution is -2.41. The second-order valence-corrected chi connectivity index (χ2v) is 9.37. The highest BCUT2D eigenvalue weighted by molar-refractivity contribution is 7.89. The Labute approximate surface area is 177 Å². The van der Waals surface area contributed by atoms with Crippen LogP contribution in [0.2, 0.25) is 0 Å². The molecule has 1 saturated heterocycles. The van der Waals surface area contributed by atoms with Gasteiger partial charge in [-0.1, -0.05) is 48.0 Å². The highest BCUT2D eigenvalue weighted by atomic mass is 32.2. The van der Waals surface area contributed by atoms with Crippen molar-refractivity contribution in [2.75, 3.05) is 13.1 Å². The van der Waals surface area contributed by atoms with E-state index in [1.807, 2.05) is 37.3 Å². The van der Waals surface area contributed by atoms with Crippen LogP contribution >= 0.6 is 0 Å². The van der Waals surface area contributed by atoms with Crippen LogP contribution in [-0.4, -0.2) is 43.8 Å². The maximum atomic E-state index is 12.4. The van der Waals surface area contributed by atoms with Crippen molar-refractivity contribution in [1.82, 2.24) is 9.62 Å². The third-order valence-electron chi connectivity index (χ3n) is 5.26. The van der Waals surface area contributed by atoms with Crippen molar-refractivity contribution >= 4 is 16.1 Å². The van der Waals surface area contributed by atoms with Crippen LogP contribution in [0.3, 0.4) is 0 Å². The van der Waals surface area contributed by atoms with Gasteiger partial charge in [0, 0.05) is 13.1 Å². The lowest BCUT2D eigenvalue weighted by atomic mass is 9.93. The minimum Gasteiger partial charge on any atom is -0.445 e. The van der Waals surface area contributed by atoms with Crippen LogP contribution in [0, 0.1) is 12.8 Å². The molecule has 1 fully saturated rings. The number of benzene rings is 2. The number of aliphatic hydroxyl groups is 1. The fourth-order valence-corrected chi connectivity index (χ4v) is 4.58. The lowest BCUT2D eigenvalue weighted by Gasteiger charge is -2.32. The van der Waals surface area contributed by atoms with Crippen molar-refractivity contribution in [3.63, 3.8) is 0 Å².